The number of fused-ring (bicyclic) bond motifs is 1. The number of hydrogen-bond acceptors (Lipinski definition) is 5. The molecule has 0 aromatic heterocycles. The zero-order valence-electron chi connectivity index (χ0n) is 19.1. The number of benzene rings is 1. The van der Waals surface area contributed by atoms with Gasteiger partial charge in [0.1, 0.15) is 11.8 Å². The van der Waals surface area contributed by atoms with Crippen molar-refractivity contribution in [3.05, 3.63) is 23.8 Å². The number of aromatic hydroxyl groups is 1. The second-order valence-electron chi connectivity index (χ2n) is 9.50. The summed E-state index contributed by atoms with van der Waals surface area (Å²) >= 11 is 4.08. The Morgan fingerprint density at radius 2 is 1.62 bits per heavy atom. The summed E-state index contributed by atoms with van der Waals surface area (Å²) in [6, 6.07) is 5.37. The van der Waals surface area contributed by atoms with E-state index in [1.807, 2.05) is 0 Å². The van der Waals surface area contributed by atoms with Crippen LogP contribution in [0.25, 0.3) is 0 Å². The molecule has 0 bridgehead atoms. The van der Waals surface area contributed by atoms with Crippen LogP contribution < -0.4 is 10.2 Å². The van der Waals surface area contributed by atoms with Crippen LogP contribution >= 0.6 is 12.6 Å². The van der Waals surface area contributed by atoms with Crippen molar-refractivity contribution in [1.82, 2.24) is 5.32 Å². The normalized spacial score (nSPS) is 22.6. The van der Waals surface area contributed by atoms with Crippen LogP contribution in [-0.2, 0) is 16.0 Å². The Hall–Kier alpha value is -1.73. The summed E-state index contributed by atoms with van der Waals surface area (Å²) < 4.78 is 0. The van der Waals surface area contributed by atoms with E-state index < -0.39 is 12.0 Å². The maximum absolute atomic E-state index is 12.3. The van der Waals surface area contributed by atoms with Gasteiger partial charge in [-0.15, -0.1) is 0 Å². The van der Waals surface area contributed by atoms with E-state index in [0.717, 1.165) is 12.1 Å². The average molecular weight is 463 g/mol. The van der Waals surface area contributed by atoms with E-state index >= 15 is 0 Å². The highest BCUT2D eigenvalue weighted by molar-refractivity contribution is 7.80. The molecule has 4 rings (SSSR count). The van der Waals surface area contributed by atoms with Gasteiger partial charge in [0.05, 0.1) is 0 Å². The van der Waals surface area contributed by atoms with E-state index in [2.05, 4.69) is 17.9 Å². The first kappa shape index (κ1) is 24.9. The molecular weight excluding hydrogens is 424 g/mol. The van der Waals surface area contributed by atoms with Gasteiger partial charge in [-0.2, -0.15) is 12.6 Å². The third-order valence-electron chi connectivity index (χ3n) is 6.95. The first-order valence-electron chi connectivity index (χ1n) is 12.2. The molecule has 1 aromatic rings. The van der Waals surface area contributed by atoms with Crippen molar-refractivity contribution in [2.24, 2.45) is 5.92 Å². The van der Waals surface area contributed by atoms with Gasteiger partial charge in [0, 0.05) is 35.9 Å². The Morgan fingerprint density at radius 1 is 1.06 bits per heavy atom. The van der Waals surface area contributed by atoms with Gasteiger partial charge < -0.3 is 15.5 Å². The smallest absolute Gasteiger partial charge is 0.327 e. The number of thiol groups is 1. The minimum absolute atomic E-state index is 0.0689. The lowest BCUT2D eigenvalue weighted by molar-refractivity contribution is -0.140. The van der Waals surface area contributed by atoms with Gasteiger partial charge in [0.25, 0.3) is 0 Å². The number of aliphatic carboxylic acids is 1. The molecule has 6 nitrogen and oxygen atoms in total. The molecule has 2 saturated carbocycles. The Bertz CT molecular complexity index is 759. The second kappa shape index (κ2) is 11.9. The third kappa shape index (κ3) is 6.41. The van der Waals surface area contributed by atoms with Gasteiger partial charge in [-0.1, -0.05) is 45.4 Å². The molecule has 1 aliphatic heterocycles. The number of nitrogens with one attached hydrogen (secondary N) is 1. The first-order chi connectivity index (χ1) is 15.4. The van der Waals surface area contributed by atoms with Crippen LogP contribution in [0, 0.1) is 5.92 Å². The quantitative estimate of drug-likeness (QED) is 0.482. The highest BCUT2D eigenvalue weighted by Crippen LogP contribution is 2.35. The Labute approximate surface area is 197 Å². The summed E-state index contributed by atoms with van der Waals surface area (Å²) in [7, 11) is 0. The van der Waals surface area contributed by atoms with Crippen molar-refractivity contribution in [2.75, 3.05) is 10.7 Å². The van der Waals surface area contributed by atoms with Crippen LogP contribution in [-0.4, -0.2) is 46.0 Å². The third-order valence-corrected chi connectivity index (χ3v) is 7.49. The number of phenolic OH excluding ortho intramolecular Hbond substituents is 1. The molecule has 2 aliphatic carbocycles. The highest BCUT2D eigenvalue weighted by atomic mass is 32.1. The van der Waals surface area contributed by atoms with Crippen LogP contribution in [0.15, 0.2) is 18.2 Å². The van der Waals surface area contributed by atoms with Crippen molar-refractivity contribution < 1.29 is 19.8 Å². The SMILES string of the molecule is C1CCC(NC2CCCCC2)CC1.CC(CS)C(=O)N1c2ccc(O)cc2CC1C(=O)O. The van der Waals surface area contributed by atoms with E-state index in [0.29, 0.717) is 17.0 Å². The Kier molecular flexibility index (Phi) is 9.29. The summed E-state index contributed by atoms with van der Waals surface area (Å²) in [5, 5.41) is 22.5. The summed E-state index contributed by atoms with van der Waals surface area (Å²) in [6.45, 7) is 1.71. The molecule has 2 unspecified atom stereocenters. The topological polar surface area (TPSA) is 89.9 Å². The van der Waals surface area contributed by atoms with E-state index in [1.54, 1.807) is 13.0 Å². The number of rotatable bonds is 5. The molecule has 1 aromatic carbocycles. The van der Waals surface area contributed by atoms with Gasteiger partial charge in [-0.05, 0) is 49.4 Å². The molecule has 2 atom stereocenters. The van der Waals surface area contributed by atoms with Crippen molar-refractivity contribution in [3.8, 4) is 5.75 Å². The van der Waals surface area contributed by atoms with E-state index in [1.165, 1.54) is 81.2 Å². The van der Waals surface area contributed by atoms with E-state index in [4.69, 9.17) is 0 Å². The van der Waals surface area contributed by atoms with Crippen molar-refractivity contribution in [2.45, 2.75) is 95.7 Å². The molecule has 0 spiro atoms. The first-order valence-corrected chi connectivity index (χ1v) is 12.8. The zero-order valence-corrected chi connectivity index (χ0v) is 20.0. The van der Waals surface area contributed by atoms with Crippen LogP contribution in [0.3, 0.4) is 0 Å². The Morgan fingerprint density at radius 3 is 2.12 bits per heavy atom. The largest absolute Gasteiger partial charge is 0.508 e. The number of phenols is 1. The van der Waals surface area contributed by atoms with Crippen molar-refractivity contribution >= 4 is 30.2 Å². The lowest BCUT2D eigenvalue weighted by Gasteiger charge is -2.30. The van der Waals surface area contributed by atoms with Crippen LogP contribution in [0.5, 0.6) is 5.75 Å². The van der Waals surface area contributed by atoms with Crippen LogP contribution in [0.2, 0.25) is 0 Å². The number of carboxylic acids is 1. The van der Waals surface area contributed by atoms with E-state index in [9.17, 15) is 19.8 Å². The molecule has 32 heavy (non-hydrogen) atoms. The maximum atomic E-state index is 12.3. The van der Waals surface area contributed by atoms with Crippen molar-refractivity contribution in [1.29, 1.82) is 0 Å². The van der Waals surface area contributed by atoms with Crippen molar-refractivity contribution in [3.63, 3.8) is 0 Å². The molecule has 0 radical (unpaired) electrons. The number of anilines is 1. The summed E-state index contributed by atoms with van der Waals surface area (Å²) in [4.78, 5) is 24.9. The van der Waals surface area contributed by atoms with Gasteiger partial charge in [0.2, 0.25) is 5.91 Å². The second-order valence-corrected chi connectivity index (χ2v) is 9.86. The Balaban J connectivity index is 0.000000193. The fourth-order valence-corrected chi connectivity index (χ4v) is 5.25. The molecular formula is C25H38N2O4S. The summed E-state index contributed by atoms with van der Waals surface area (Å²) in [5.41, 5.74) is 1.23. The molecule has 0 saturated heterocycles. The van der Waals surface area contributed by atoms with Gasteiger partial charge in [0.15, 0.2) is 0 Å². The van der Waals surface area contributed by atoms with Gasteiger partial charge in [-0.25, -0.2) is 4.79 Å². The fraction of sp³-hybridized carbons (Fsp3) is 0.680. The number of carbonyl (C=O) groups is 2. The maximum Gasteiger partial charge on any atom is 0.327 e. The molecule has 1 heterocycles. The lowest BCUT2D eigenvalue weighted by atomic mass is 9.91. The monoisotopic (exact) mass is 462 g/mol. The standard InChI is InChI=1S/C13H15NO4S.C12H23N/c1-7(6-19)12(16)14-10-3-2-9(15)4-8(10)5-11(14)13(17)18;1-3-7-11(8-4-1)13-12-9-5-2-6-10-12/h2-4,7,11,15,19H,5-6H2,1H3,(H,17,18);11-13H,1-10H2. The zero-order chi connectivity index (χ0) is 23.1. The number of carboxylic acid groups (broad SMARTS) is 1. The number of amides is 1. The molecule has 1 amide bonds. The molecule has 3 aliphatic rings. The average Bonchev–Trinajstić information content (AvgIpc) is 3.18. The number of nitrogens with zero attached hydrogens (tertiary/aromatic N) is 1. The van der Waals surface area contributed by atoms with Gasteiger partial charge in [-0.3, -0.25) is 9.69 Å². The predicted molar refractivity (Wildman–Crippen MR) is 131 cm³/mol. The number of hydrogen-bond donors (Lipinski definition) is 4. The molecule has 7 heteroatoms. The predicted octanol–water partition coefficient (Wildman–Crippen LogP) is 4.54. The summed E-state index contributed by atoms with van der Waals surface area (Å²) in [5.74, 6) is -1.23. The minimum Gasteiger partial charge on any atom is -0.508 e. The van der Waals surface area contributed by atoms with Crippen LogP contribution in [0.4, 0.5) is 5.69 Å². The van der Waals surface area contributed by atoms with Gasteiger partial charge >= 0.3 is 5.97 Å². The molecule has 2 fully saturated rings. The molecule has 178 valence electrons. The summed E-state index contributed by atoms with van der Waals surface area (Å²) in [6.07, 6.45) is 14.8. The number of carbonyl (C=O) groups excluding carboxylic acids is 1. The lowest BCUT2D eigenvalue weighted by Crippen LogP contribution is -2.45. The fourth-order valence-electron chi connectivity index (χ4n) is 5.10. The van der Waals surface area contributed by atoms with E-state index in [-0.39, 0.29) is 24.0 Å². The minimum atomic E-state index is -1.05. The van der Waals surface area contributed by atoms with Crippen LogP contribution in [0.1, 0.15) is 76.7 Å². The molecule has 3 N–H and O–H groups in total. The highest BCUT2D eigenvalue weighted by Gasteiger charge is 2.39.